The number of piperidine rings is 1. The lowest BCUT2D eigenvalue weighted by atomic mass is 9.97. The summed E-state index contributed by atoms with van der Waals surface area (Å²) in [6.45, 7) is 5.23. The molecule has 1 saturated heterocycles. The molecule has 0 spiro atoms. The number of carbonyl (C=O) groups excluding carboxylic acids is 2. The van der Waals surface area contributed by atoms with E-state index in [1.807, 2.05) is 43.0 Å². The highest BCUT2D eigenvalue weighted by molar-refractivity contribution is 8.00. The quantitative estimate of drug-likeness (QED) is 0.601. The Labute approximate surface area is 150 Å². The Morgan fingerprint density at radius 3 is 2.76 bits per heavy atom. The minimum atomic E-state index is -0.285. The molecule has 134 valence electrons. The minimum Gasteiger partial charge on any atom is -0.466 e. The molecule has 0 saturated carbocycles. The van der Waals surface area contributed by atoms with Crippen molar-refractivity contribution in [2.24, 2.45) is 5.92 Å². The van der Waals surface area contributed by atoms with E-state index in [0.717, 1.165) is 11.1 Å². The van der Waals surface area contributed by atoms with Crippen LogP contribution >= 0.6 is 11.8 Å². The molecular weight excluding hydrogens is 340 g/mol. The minimum absolute atomic E-state index is 0.0505. The number of oxazole rings is 1. The smallest absolute Gasteiger partial charge is 0.309 e. The van der Waals surface area contributed by atoms with E-state index in [1.54, 1.807) is 0 Å². The molecule has 7 heteroatoms. The van der Waals surface area contributed by atoms with Gasteiger partial charge < -0.3 is 14.1 Å². The molecule has 1 atom stereocenters. The third-order valence-electron chi connectivity index (χ3n) is 4.33. The normalized spacial score (nSPS) is 16.8. The van der Waals surface area contributed by atoms with Gasteiger partial charge in [0.15, 0.2) is 5.58 Å². The second-order valence-electron chi connectivity index (χ2n) is 6.06. The van der Waals surface area contributed by atoms with Crippen molar-refractivity contribution in [3.8, 4) is 0 Å². The highest BCUT2D eigenvalue weighted by Crippen LogP contribution is 2.28. The summed E-state index contributed by atoms with van der Waals surface area (Å²) in [6, 6.07) is 7.54. The summed E-state index contributed by atoms with van der Waals surface area (Å²) < 4.78 is 10.7. The Hall–Kier alpha value is -2.02. The lowest BCUT2D eigenvalue weighted by molar-refractivity contribution is -0.151. The fourth-order valence-corrected chi connectivity index (χ4v) is 3.80. The van der Waals surface area contributed by atoms with Crippen LogP contribution in [0.3, 0.4) is 0 Å². The first-order chi connectivity index (χ1) is 12.1. The van der Waals surface area contributed by atoms with E-state index in [0.29, 0.717) is 37.8 Å². The Morgan fingerprint density at radius 2 is 2.08 bits per heavy atom. The van der Waals surface area contributed by atoms with Crippen LogP contribution in [0.4, 0.5) is 0 Å². The fourth-order valence-electron chi connectivity index (χ4n) is 2.96. The van der Waals surface area contributed by atoms with Gasteiger partial charge in [-0.3, -0.25) is 9.59 Å². The second-order valence-corrected chi connectivity index (χ2v) is 7.35. The SMILES string of the molecule is CCOC(=O)C1CCN(C(=O)[C@@H](C)Sc2nc3ccccc3o2)CC1. The number of ether oxygens (including phenoxy) is 1. The molecule has 0 aliphatic carbocycles. The number of para-hydroxylation sites is 2. The second kappa shape index (κ2) is 7.91. The molecule has 1 fully saturated rings. The number of likely N-dealkylation sites (tertiary alicyclic amines) is 1. The fraction of sp³-hybridized carbons (Fsp3) is 0.500. The first-order valence-electron chi connectivity index (χ1n) is 8.56. The summed E-state index contributed by atoms with van der Waals surface area (Å²) in [5.74, 6) is -0.193. The molecule has 1 aliphatic rings. The van der Waals surface area contributed by atoms with Gasteiger partial charge in [-0.2, -0.15) is 0 Å². The molecule has 3 rings (SSSR count). The summed E-state index contributed by atoms with van der Waals surface area (Å²) in [6.07, 6.45) is 1.32. The van der Waals surface area contributed by atoms with Crippen LogP contribution in [0.25, 0.3) is 11.1 Å². The Kier molecular flexibility index (Phi) is 5.63. The van der Waals surface area contributed by atoms with Crippen molar-refractivity contribution < 1.29 is 18.7 Å². The third kappa shape index (κ3) is 4.15. The number of hydrogen-bond acceptors (Lipinski definition) is 6. The number of fused-ring (bicyclic) bond motifs is 1. The predicted molar refractivity (Wildman–Crippen MR) is 95.3 cm³/mol. The van der Waals surface area contributed by atoms with E-state index in [1.165, 1.54) is 11.8 Å². The molecule has 25 heavy (non-hydrogen) atoms. The lowest BCUT2D eigenvalue weighted by Crippen LogP contribution is -2.43. The first kappa shape index (κ1) is 17.8. The Balaban J connectivity index is 1.55. The molecule has 1 amide bonds. The zero-order chi connectivity index (χ0) is 17.8. The zero-order valence-electron chi connectivity index (χ0n) is 14.4. The molecule has 6 nitrogen and oxygen atoms in total. The number of esters is 1. The van der Waals surface area contributed by atoms with E-state index in [4.69, 9.17) is 9.15 Å². The molecule has 0 bridgehead atoms. The van der Waals surface area contributed by atoms with Crippen molar-refractivity contribution in [1.29, 1.82) is 0 Å². The average Bonchev–Trinajstić information content (AvgIpc) is 3.03. The van der Waals surface area contributed by atoms with Crippen LogP contribution in [-0.2, 0) is 14.3 Å². The van der Waals surface area contributed by atoms with Gasteiger partial charge >= 0.3 is 5.97 Å². The van der Waals surface area contributed by atoms with Crippen molar-refractivity contribution in [3.63, 3.8) is 0 Å². The maximum absolute atomic E-state index is 12.6. The van der Waals surface area contributed by atoms with Crippen LogP contribution in [0.5, 0.6) is 0 Å². The van der Waals surface area contributed by atoms with Crippen molar-refractivity contribution in [2.75, 3.05) is 19.7 Å². The maximum Gasteiger partial charge on any atom is 0.309 e. The molecule has 1 aromatic heterocycles. The van der Waals surface area contributed by atoms with Crippen LogP contribution in [0.1, 0.15) is 26.7 Å². The third-order valence-corrected chi connectivity index (χ3v) is 5.26. The first-order valence-corrected chi connectivity index (χ1v) is 9.44. The van der Waals surface area contributed by atoms with Crippen LogP contribution in [-0.4, -0.2) is 46.7 Å². The number of aromatic nitrogens is 1. The van der Waals surface area contributed by atoms with Crippen LogP contribution in [0, 0.1) is 5.92 Å². The van der Waals surface area contributed by atoms with E-state index < -0.39 is 0 Å². The molecule has 0 unspecified atom stereocenters. The van der Waals surface area contributed by atoms with Gasteiger partial charge in [-0.15, -0.1) is 0 Å². The van der Waals surface area contributed by atoms with Crippen LogP contribution in [0.15, 0.2) is 33.9 Å². The number of hydrogen-bond donors (Lipinski definition) is 0. The van der Waals surface area contributed by atoms with Crippen molar-refractivity contribution >= 4 is 34.7 Å². The molecule has 0 radical (unpaired) electrons. The number of amides is 1. The monoisotopic (exact) mass is 362 g/mol. The standard InChI is InChI=1S/C18H22N2O4S/c1-3-23-17(22)13-8-10-20(11-9-13)16(21)12(2)25-18-19-14-6-4-5-7-15(14)24-18/h4-7,12-13H,3,8-11H2,1-2H3/t12-/m1/s1. The van der Waals surface area contributed by atoms with Gasteiger partial charge in [-0.05, 0) is 38.8 Å². The van der Waals surface area contributed by atoms with Crippen LogP contribution in [0.2, 0.25) is 0 Å². The Morgan fingerprint density at radius 1 is 1.36 bits per heavy atom. The molecule has 1 aromatic carbocycles. The van der Waals surface area contributed by atoms with E-state index in [9.17, 15) is 9.59 Å². The van der Waals surface area contributed by atoms with Gasteiger partial charge in [-0.1, -0.05) is 23.9 Å². The van der Waals surface area contributed by atoms with Crippen molar-refractivity contribution in [1.82, 2.24) is 9.88 Å². The number of thioether (sulfide) groups is 1. The zero-order valence-corrected chi connectivity index (χ0v) is 15.3. The van der Waals surface area contributed by atoms with Gasteiger partial charge in [-0.25, -0.2) is 4.98 Å². The average molecular weight is 362 g/mol. The summed E-state index contributed by atoms with van der Waals surface area (Å²) >= 11 is 1.33. The van der Waals surface area contributed by atoms with E-state index in [2.05, 4.69) is 4.98 Å². The highest BCUT2D eigenvalue weighted by atomic mass is 32.2. The largest absolute Gasteiger partial charge is 0.466 e. The summed E-state index contributed by atoms with van der Waals surface area (Å²) in [4.78, 5) is 30.6. The van der Waals surface area contributed by atoms with Gasteiger partial charge in [0.05, 0.1) is 17.8 Å². The van der Waals surface area contributed by atoms with E-state index in [-0.39, 0.29) is 23.0 Å². The number of nitrogens with zero attached hydrogens (tertiary/aromatic N) is 2. The van der Waals surface area contributed by atoms with Gasteiger partial charge in [0.2, 0.25) is 5.91 Å². The van der Waals surface area contributed by atoms with Gasteiger partial charge in [0.1, 0.15) is 5.52 Å². The lowest BCUT2D eigenvalue weighted by Gasteiger charge is -2.32. The Bertz CT molecular complexity index is 719. The molecule has 2 aromatic rings. The summed E-state index contributed by atoms with van der Waals surface area (Å²) in [7, 11) is 0. The maximum atomic E-state index is 12.6. The van der Waals surface area contributed by atoms with Crippen molar-refractivity contribution in [2.45, 2.75) is 37.2 Å². The number of carbonyl (C=O) groups is 2. The molecule has 2 heterocycles. The predicted octanol–water partition coefficient (Wildman–Crippen LogP) is 3.11. The summed E-state index contributed by atoms with van der Waals surface area (Å²) in [5, 5.41) is 0.218. The molecule has 0 N–H and O–H groups in total. The topological polar surface area (TPSA) is 72.6 Å². The van der Waals surface area contributed by atoms with Gasteiger partial charge in [0.25, 0.3) is 5.22 Å². The van der Waals surface area contributed by atoms with E-state index >= 15 is 0 Å². The highest BCUT2D eigenvalue weighted by Gasteiger charge is 2.30. The number of benzene rings is 1. The van der Waals surface area contributed by atoms with Gasteiger partial charge in [0, 0.05) is 13.1 Å². The van der Waals surface area contributed by atoms with Crippen molar-refractivity contribution in [3.05, 3.63) is 24.3 Å². The molecular formula is C18H22N2O4S. The summed E-state index contributed by atoms with van der Waals surface area (Å²) in [5.41, 5.74) is 1.51. The van der Waals surface area contributed by atoms with Crippen LogP contribution < -0.4 is 0 Å². The number of rotatable bonds is 5. The molecule has 1 aliphatic heterocycles.